The van der Waals surface area contributed by atoms with Crippen molar-refractivity contribution in [3.8, 4) is 11.5 Å². The molecule has 29 heavy (non-hydrogen) atoms. The molecule has 0 N–H and O–H groups in total. The fourth-order valence-electron chi connectivity index (χ4n) is 2.72. The summed E-state index contributed by atoms with van der Waals surface area (Å²) in [6, 6.07) is 10.2. The number of allylic oxidation sites excluding steroid dienone is 1. The molecule has 0 unspecified atom stereocenters. The summed E-state index contributed by atoms with van der Waals surface area (Å²) >= 11 is 0. The van der Waals surface area contributed by atoms with E-state index in [9.17, 15) is 19.7 Å². The SMILES string of the molecule is CCOc1ccc(/C=C/C(=O)c2cc3cc([N+](=O)[O-])ccc3oc2=O)cc1OC. The highest BCUT2D eigenvalue weighted by atomic mass is 16.6. The van der Waals surface area contributed by atoms with Gasteiger partial charge < -0.3 is 13.9 Å². The minimum Gasteiger partial charge on any atom is -0.493 e. The standard InChI is InChI=1S/C21H17NO7/c1-3-28-19-8-5-13(10-20(19)27-2)4-7-17(23)16-12-14-11-15(22(25)26)6-9-18(14)29-21(16)24/h4-12H,3H2,1-2H3/b7-4+. The number of non-ortho nitro benzene ring substituents is 1. The molecule has 8 heteroatoms. The van der Waals surface area contributed by atoms with Crippen LogP contribution in [0.2, 0.25) is 0 Å². The molecule has 0 aliphatic rings. The van der Waals surface area contributed by atoms with Gasteiger partial charge in [0.1, 0.15) is 11.1 Å². The molecule has 0 aliphatic carbocycles. The summed E-state index contributed by atoms with van der Waals surface area (Å²) in [5, 5.41) is 11.2. The van der Waals surface area contributed by atoms with Crippen molar-refractivity contribution in [1.29, 1.82) is 0 Å². The van der Waals surface area contributed by atoms with Gasteiger partial charge in [-0.1, -0.05) is 12.1 Å². The number of carbonyl (C=O) groups excluding carboxylic acids is 1. The van der Waals surface area contributed by atoms with E-state index >= 15 is 0 Å². The molecule has 148 valence electrons. The van der Waals surface area contributed by atoms with Crippen molar-refractivity contribution >= 4 is 28.5 Å². The number of hydrogen-bond donors (Lipinski definition) is 0. The number of methoxy groups -OCH3 is 1. The summed E-state index contributed by atoms with van der Waals surface area (Å²) in [7, 11) is 1.51. The van der Waals surface area contributed by atoms with Crippen molar-refractivity contribution < 1.29 is 23.6 Å². The number of benzene rings is 2. The van der Waals surface area contributed by atoms with E-state index < -0.39 is 16.3 Å². The van der Waals surface area contributed by atoms with E-state index in [1.54, 1.807) is 18.2 Å². The highest BCUT2D eigenvalue weighted by Crippen LogP contribution is 2.28. The van der Waals surface area contributed by atoms with Crippen LogP contribution >= 0.6 is 0 Å². The highest BCUT2D eigenvalue weighted by molar-refractivity contribution is 6.07. The summed E-state index contributed by atoms with van der Waals surface area (Å²) in [6.07, 6.45) is 2.75. The van der Waals surface area contributed by atoms with Crippen LogP contribution in [0.4, 0.5) is 5.69 Å². The van der Waals surface area contributed by atoms with Crippen molar-refractivity contribution in [3.05, 3.63) is 80.2 Å². The molecule has 0 atom stereocenters. The van der Waals surface area contributed by atoms with Crippen molar-refractivity contribution in [2.45, 2.75) is 6.92 Å². The summed E-state index contributed by atoms with van der Waals surface area (Å²) < 4.78 is 15.8. The van der Waals surface area contributed by atoms with Crippen LogP contribution in [0.3, 0.4) is 0 Å². The number of ether oxygens (including phenoxy) is 2. The molecule has 0 saturated heterocycles. The molecule has 1 heterocycles. The number of hydrogen-bond acceptors (Lipinski definition) is 7. The summed E-state index contributed by atoms with van der Waals surface area (Å²) in [6.45, 7) is 2.34. The maximum Gasteiger partial charge on any atom is 0.347 e. The summed E-state index contributed by atoms with van der Waals surface area (Å²) in [5.74, 6) is 0.509. The predicted molar refractivity (Wildman–Crippen MR) is 107 cm³/mol. The third kappa shape index (κ3) is 4.32. The second-order valence-corrected chi connectivity index (χ2v) is 5.97. The topological polar surface area (TPSA) is 109 Å². The fourth-order valence-corrected chi connectivity index (χ4v) is 2.72. The maximum atomic E-state index is 12.5. The van der Waals surface area contributed by atoms with E-state index in [2.05, 4.69) is 0 Å². The molecule has 3 rings (SSSR count). The summed E-state index contributed by atoms with van der Waals surface area (Å²) in [4.78, 5) is 35.0. The molecule has 0 bridgehead atoms. The number of ketones is 1. The monoisotopic (exact) mass is 395 g/mol. The molecular formula is C21H17NO7. The van der Waals surface area contributed by atoms with Gasteiger partial charge in [0.25, 0.3) is 5.69 Å². The van der Waals surface area contributed by atoms with Crippen molar-refractivity contribution in [3.63, 3.8) is 0 Å². The molecule has 2 aromatic carbocycles. The average Bonchev–Trinajstić information content (AvgIpc) is 2.72. The van der Waals surface area contributed by atoms with E-state index in [1.165, 1.54) is 43.5 Å². The van der Waals surface area contributed by atoms with Crippen molar-refractivity contribution in [2.24, 2.45) is 0 Å². The number of carbonyl (C=O) groups is 1. The van der Waals surface area contributed by atoms with Crippen LogP contribution in [0.15, 0.2) is 57.8 Å². The third-order valence-electron chi connectivity index (χ3n) is 4.11. The third-order valence-corrected chi connectivity index (χ3v) is 4.11. The van der Waals surface area contributed by atoms with Gasteiger partial charge in [-0.2, -0.15) is 0 Å². The minimum atomic E-state index is -0.815. The first-order valence-electron chi connectivity index (χ1n) is 8.68. The number of rotatable bonds is 7. The smallest absolute Gasteiger partial charge is 0.347 e. The Hall–Kier alpha value is -3.94. The van der Waals surface area contributed by atoms with Crippen LogP contribution in [-0.4, -0.2) is 24.4 Å². The fraction of sp³-hybridized carbons (Fsp3) is 0.143. The number of nitrogens with zero attached hydrogens (tertiary/aromatic N) is 1. The molecule has 0 fully saturated rings. The Bertz CT molecular complexity index is 1180. The second-order valence-electron chi connectivity index (χ2n) is 5.97. The van der Waals surface area contributed by atoms with Crippen LogP contribution in [0.25, 0.3) is 17.0 Å². The second kappa shape index (κ2) is 8.39. The van der Waals surface area contributed by atoms with Crippen molar-refractivity contribution in [2.75, 3.05) is 13.7 Å². The van der Waals surface area contributed by atoms with E-state index in [-0.39, 0.29) is 16.8 Å². The first-order valence-corrected chi connectivity index (χ1v) is 8.68. The van der Waals surface area contributed by atoms with Gasteiger partial charge >= 0.3 is 5.63 Å². The molecule has 0 amide bonds. The minimum absolute atomic E-state index is 0.164. The van der Waals surface area contributed by atoms with Gasteiger partial charge in [0.05, 0.1) is 18.6 Å². The van der Waals surface area contributed by atoms with E-state index in [1.807, 2.05) is 6.92 Å². The Balaban J connectivity index is 1.92. The van der Waals surface area contributed by atoms with E-state index in [0.717, 1.165) is 0 Å². The number of nitro benzene ring substituents is 1. The zero-order valence-corrected chi connectivity index (χ0v) is 15.7. The first-order chi connectivity index (χ1) is 13.9. The van der Waals surface area contributed by atoms with Gasteiger partial charge in [0.2, 0.25) is 0 Å². The van der Waals surface area contributed by atoms with E-state index in [4.69, 9.17) is 13.9 Å². The molecule has 1 aromatic heterocycles. The lowest BCUT2D eigenvalue weighted by Crippen LogP contribution is -2.12. The Labute approximate surface area is 165 Å². The lowest BCUT2D eigenvalue weighted by Gasteiger charge is -2.09. The normalized spacial score (nSPS) is 11.0. The quantitative estimate of drug-likeness (QED) is 0.195. The molecule has 0 radical (unpaired) electrons. The number of fused-ring (bicyclic) bond motifs is 1. The molecule has 8 nitrogen and oxygen atoms in total. The van der Waals surface area contributed by atoms with Crippen LogP contribution in [0, 0.1) is 10.1 Å². The Morgan fingerprint density at radius 3 is 2.66 bits per heavy atom. The lowest BCUT2D eigenvalue weighted by molar-refractivity contribution is -0.384. The molecule has 0 aliphatic heterocycles. The zero-order valence-electron chi connectivity index (χ0n) is 15.7. The van der Waals surface area contributed by atoms with Gasteiger partial charge in [-0.05, 0) is 42.8 Å². The molecule has 0 saturated carbocycles. The van der Waals surface area contributed by atoms with Gasteiger partial charge in [-0.25, -0.2) is 4.79 Å². The van der Waals surface area contributed by atoms with Crippen LogP contribution in [0.1, 0.15) is 22.8 Å². The first kappa shape index (κ1) is 19.8. The van der Waals surface area contributed by atoms with Gasteiger partial charge in [-0.3, -0.25) is 14.9 Å². The summed E-state index contributed by atoms with van der Waals surface area (Å²) in [5.41, 5.74) is -0.365. The number of nitro groups is 1. The van der Waals surface area contributed by atoms with Crippen LogP contribution < -0.4 is 15.1 Å². The average molecular weight is 395 g/mol. The molecule has 0 spiro atoms. The Morgan fingerprint density at radius 2 is 1.97 bits per heavy atom. The van der Waals surface area contributed by atoms with Gasteiger partial charge in [-0.15, -0.1) is 0 Å². The zero-order chi connectivity index (χ0) is 21.0. The Kier molecular flexibility index (Phi) is 5.73. The van der Waals surface area contributed by atoms with Crippen molar-refractivity contribution in [1.82, 2.24) is 0 Å². The lowest BCUT2D eigenvalue weighted by atomic mass is 10.1. The van der Waals surface area contributed by atoms with Crippen LogP contribution in [-0.2, 0) is 0 Å². The van der Waals surface area contributed by atoms with Crippen LogP contribution in [0.5, 0.6) is 11.5 Å². The van der Waals surface area contributed by atoms with Gasteiger partial charge in [0.15, 0.2) is 17.3 Å². The molecule has 3 aromatic rings. The largest absolute Gasteiger partial charge is 0.493 e. The Morgan fingerprint density at radius 1 is 1.17 bits per heavy atom. The molecular weight excluding hydrogens is 378 g/mol. The van der Waals surface area contributed by atoms with Gasteiger partial charge in [0, 0.05) is 17.5 Å². The maximum absolute atomic E-state index is 12.5. The van der Waals surface area contributed by atoms with E-state index in [0.29, 0.717) is 29.1 Å². The predicted octanol–water partition coefficient (Wildman–Crippen LogP) is 4.00. The highest BCUT2D eigenvalue weighted by Gasteiger charge is 2.14.